The number of hydrogen-bond acceptors (Lipinski definition) is 2. The predicted octanol–water partition coefficient (Wildman–Crippen LogP) is 2.44. The highest BCUT2D eigenvalue weighted by atomic mass is 19.4. The largest absolute Gasteiger partial charge is 0.401 e. The summed E-state index contributed by atoms with van der Waals surface area (Å²) in [5.41, 5.74) is 6.94. The van der Waals surface area contributed by atoms with Gasteiger partial charge in [0.15, 0.2) is 0 Å². The number of nitrogens with two attached hydrogens (primary N) is 1. The van der Waals surface area contributed by atoms with Crippen LogP contribution in [0.2, 0.25) is 0 Å². The highest BCUT2D eigenvalue weighted by Crippen LogP contribution is 2.16. The molecule has 0 amide bonds. The third-order valence-electron chi connectivity index (χ3n) is 2.68. The van der Waals surface area contributed by atoms with Gasteiger partial charge in [-0.05, 0) is 18.5 Å². The smallest absolute Gasteiger partial charge is 0.326 e. The number of alkyl halides is 3. The molecule has 1 aromatic carbocycles. The van der Waals surface area contributed by atoms with Gasteiger partial charge in [0.2, 0.25) is 0 Å². The summed E-state index contributed by atoms with van der Waals surface area (Å²) in [6.45, 7) is 1.42. The van der Waals surface area contributed by atoms with E-state index in [9.17, 15) is 13.2 Å². The van der Waals surface area contributed by atoms with Crippen molar-refractivity contribution < 1.29 is 13.2 Å². The zero-order valence-corrected chi connectivity index (χ0v) is 10.5. The lowest BCUT2D eigenvalue weighted by atomic mass is 10.1. The van der Waals surface area contributed by atoms with E-state index in [1.54, 1.807) is 6.92 Å². The van der Waals surface area contributed by atoms with Crippen LogP contribution in [0.15, 0.2) is 30.3 Å². The fourth-order valence-corrected chi connectivity index (χ4v) is 1.87. The van der Waals surface area contributed by atoms with Gasteiger partial charge in [0, 0.05) is 12.6 Å². The molecule has 2 nitrogen and oxygen atoms in total. The minimum Gasteiger partial charge on any atom is -0.326 e. The topological polar surface area (TPSA) is 29.3 Å². The Labute approximate surface area is 106 Å². The lowest BCUT2D eigenvalue weighted by Gasteiger charge is -2.25. The van der Waals surface area contributed by atoms with Gasteiger partial charge in [-0.25, -0.2) is 0 Å². The second kappa shape index (κ2) is 6.75. The third kappa shape index (κ3) is 6.02. The Morgan fingerprint density at radius 3 is 2.33 bits per heavy atom. The second-order valence-corrected chi connectivity index (χ2v) is 4.39. The van der Waals surface area contributed by atoms with Crippen molar-refractivity contribution in [2.75, 3.05) is 19.6 Å². The van der Waals surface area contributed by atoms with Crippen molar-refractivity contribution in [1.29, 1.82) is 0 Å². The standard InChI is InChI=1S/C13H19F3N2/c1-2-18(10-13(14,15)16)9-12(17)8-11-6-4-3-5-7-11/h3-7,12H,2,8-10,17H2,1H3/t12-/m1/s1. The summed E-state index contributed by atoms with van der Waals surface area (Å²) < 4.78 is 36.9. The van der Waals surface area contributed by atoms with Crippen molar-refractivity contribution in [3.8, 4) is 0 Å². The molecule has 0 unspecified atom stereocenters. The molecular weight excluding hydrogens is 241 g/mol. The predicted molar refractivity (Wildman–Crippen MR) is 66.3 cm³/mol. The fourth-order valence-electron chi connectivity index (χ4n) is 1.87. The van der Waals surface area contributed by atoms with Gasteiger partial charge in [0.05, 0.1) is 6.54 Å². The summed E-state index contributed by atoms with van der Waals surface area (Å²) in [7, 11) is 0. The zero-order valence-electron chi connectivity index (χ0n) is 10.5. The van der Waals surface area contributed by atoms with Crippen LogP contribution < -0.4 is 5.73 Å². The molecule has 0 aliphatic rings. The first-order chi connectivity index (χ1) is 8.40. The number of halogens is 3. The maximum absolute atomic E-state index is 12.3. The molecule has 0 aliphatic carbocycles. The quantitative estimate of drug-likeness (QED) is 0.851. The van der Waals surface area contributed by atoms with Gasteiger partial charge in [0.1, 0.15) is 0 Å². The summed E-state index contributed by atoms with van der Waals surface area (Å²) in [5, 5.41) is 0. The molecule has 5 heteroatoms. The first-order valence-electron chi connectivity index (χ1n) is 5.99. The van der Waals surface area contributed by atoms with E-state index in [2.05, 4.69) is 0 Å². The zero-order chi connectivity index (χ0) is 13.6. The van der Waals surface area contributed by atoms with Crippen LogP contribution in [0, 0.1) is 0 Å². The SMILES string of the molecule is CCN(C[C@H](N)Cc1ccccc1)CC(F)(F)F. The van der Waals surface area contributed by atoms with Crippen molar-refractivity contribution in [1.82, 2.24) is 4.90 Å². The number of likely N-dealkylation sites (N-methyl/N-ethyl adjacent to an activating group) is 1. The van der Waals surface area contributed by atoms with Crippen LogP contribution in [0.25, 0.3) is 0 Å². The van der Waals surface area contributed by atoms with Gasteiger partial charge in [-0.1, -0.05) is 37.3 Å². The van der Waals surface area contributed by atoms with Crippen molar-refractivity contribution in [2.24, 2.45) is 5.73 Å². The van der Waals surface area contributed by atoms with E-state index in [1.165, 1.54) is 4.90 Å². The van der Waals surface area contributed by atoms with Crippen molar-refractivity contribution in [3.05, 3.63) is 35.9 Å². The summed E-state index contributed by atoms with van der Waals surface area (Å²) in [6.07, 6.45) is -3.57. The first kappa shape index (κ1) is 15.0. The maximum Gasteiger partial charge on any atom is 0.401 e. The number of rotatable bonds is 6. The normalized spacial score (nSPS) is 13.9. The molecule has 0 aliphatic heterocycles. The molecular formula is C13H19F3N2. The molecule has 1 atom stereocenters. The Kier molecular flexibility index (Phi) is 5.62. The highest BCUT2D eigenvalue weighted by molar-refractivity contribution is 5.15. The van der Waals surface area contributed by atoms with Crippen LogP contribution in [0.1, 0.15) is 12.5 Å². The average Bonchev–Trinajstić information content (AvgIpc) is 2.27. The van der Waals surface area contributed by atoms with Gasteiger partial charge in [-0.3, -0.25) is 4.90 Å². The van der Waals surface area contributed by atoms with Crippen LogP contribution in [0.3, 0.4) is 0 Å². The molecule has 0 aromatic heterocycles. The summed E-state index contributed by atoms with van der Waals surface area (Å²) in [5.74, 6) is 0. The number of nitrogens with zero attached hydrogens (tertiary/aromatic N) is 1. The van der Waals surface area contributed by atoms with E-state index in [0.717, 1.165) is 5.56 Å². The van der Waals surface area contributed by atoms with Crippen molar-refractivity contribution in [3.63, 3.8) is 0 Å². The van der Waals surface area contributed by atoms with Crippen LogP contribution in [0.5, 0.6) is 0 Å². The van der Waals surface area contributed by atoms with Gasteiger partial charge < -0.3 is 5.73 Å². The van der Waals surface area contributed by atoms with Crippen molar-refractivity contribution >= 4 is 0 Å². The lowest BCUT2D eigenvalue weighted by Crippen LogP contribution is -2.43. The molecule has 1 rings (SSSR count). The van der Waals surface area contributed by atoms with Crippen LogP contribution >= 0.6 is 0 Å². The molecule has 0 spiro atoms. The number of hydrogen-bond donors (Lipinski definition) is 1. The van der Waals surface area contributed by atoms with Crippen LogP contribution in [-0.4, -0.2) is 36.8 Å². The molecule has 0 saturated carbocycles. The molecule has 0 bridgehead atoms. The Hall–Kier alpha value is -1.07. The highest BCUT2D eigenvalue weighted by Gasteiger charge is 2.30. The van der Waals surface area contributed by atoms with Crippen molar-refractivity contribution in [2.45, 2.75) is 25.6 Å². The summed E-state index contributed by atoms with van der Waals surface area (Å²) in [6, 6.07) is 9.27. The maximum atomic E-state index is 12.3. The molecule has 0 saturated heterocycles. The van der Waals surface area contributed by atoms with Gasteiger partial charge in [0.25, 0.3) is 0 Å². The van der Waals surface area contributed by atoms with E-state index in [-0.39, 0.29) is 12.6 Å². The fraction of sp³-hybridized carbons (Fsp3) is 0.538. The summed E-state index contributed by atoms with van der Waals surface area (Å²) in [4.78, 5) is 1.33. The number of benzene rings is 1. The van der Waals surface area contributed by atoms with E-state index in [1.807, 2.05) is 30.3 Å². The Morgan fingerprint density at radius 2 is 1.83 bits per heavy atom. The first-order valence-corrected chi connectivity index (χ1v) is 5.99. The molecule has 0 heterocycles. The molecule has 1 aromatic rings. The van der Waals surface area contributed by atoms with Gasteiger partial charge in [-0.2, -0.15) is 13.2 Å². The Balaban J connectivity index is 2.45. The second-order valence-electron chi connectivity index (χ2n) is 4.39. The van der Waals surface area contributed by atoms with Crippen LogP contribution in [0.4, 0.5) is 13.2 Å². The van der Waals surface area contributed by atoms with Crippen LogP contribution in [-0.2, 0) is 6.42 Å². The Morgan fingerprint density at radius 1 is 1.22 bits per heavy atom. The monoisotopic (exact) mass is 260 g/mol. The van der Waals surface area contributed by atoms with E-state index in [0.29, 0.717) is 13.0 Å². The molecule has 102 valence electrons. The molecule has 2 N–H and O–H groups in total. The van der Waals surface area contributed by atoms with Gasteiger partial charge >= 0.3 is 6.18 Å². The van der Waals surface area contributed by atoms with E-state index < -0.39 is 12.7 Å². The summed E-state index contributed by atoms with van der Waals surface area (Å²) >= 11 is 0. The van der Waals surface area contributed by atoms with Gasteiger partial charge in [-0.15, -0.1) is 0 Å². The minimum atomic E-state index is -4.16. The van der Waals surface area contributed by atoms with E-state index in [4.69, 9.17) is 5.73 Å². The molecule has 0 radical (unpaired) electrons. The minimum absolute atomic E-state index is 0.255. The molecule has 0 fully saturated rings. The molecule has 18 heavy (non-hydrogen) atoms. The Bertz CT molecular complexity index is 338. The van der Waals surface area contributed by atoms with E-state index >= 15 is 0 Å². The lowest BCUT2D eigenvalue weighted by molar-refractivity contribution is -0.145. The third-order valence-corrected chi connectivity index (χ3v) is 2.68. The average molecular weight is 260 g/mol.